The molecule has 0 amide bonds. The summed E-state index contributed by atoms with van der Waals surface area (Å²) >= 11 is 1.78. The van der Waals surface area contributed by atoms with Gasteiger partial charge in [0.25, 0.3) is 0 Å². The minimum absolute atomic E-state index is 0. The molecule has 2 N–H and O–H groups in total. The van der Waals surface area contributed by atoms with Crippen LogP contribution in [0.1, 0.15) is 18.7 Å². The second-order valence-electron chi connectivity index (χ2n) is 4.09. The van der Waals surface area contributed by atoms with Crippen LogP contribution < -0.4 is 10.6 Å². The maximum absolute atomic E-state index is 5.10. The molecule has 0 saturated carbocycles. The average Bonchev–Trinajstić information content (AvgIpc) is 2.82. The van der Waals surface area contributed by atoms with E-state index in [9.17, 15) is 0 Å². The Labute approximate surface area is 137 Å². The van der Waals surface area contributed by atoms with E-state index < -0.39 is 0 Å². The lowest BCUT2D eigenvalue weighted by Crippen LogP contribution is -2.44. The van der Waals surface area contributed by atoms with Crippen molar-refractivity contribution in [2.75, 3.05) is 26.8 Å². The number of nitrogens with zero attached hydrogens (tertiary/aromatic N) is 1. The number of hydrogen-bond donors (Lipinski definition) is 2. The Morgan fingerprint density at radius 3 is 2.89 bits per heavy atom. The highest BCUT2D eigenvalue weighted by molar-refractivity contribution is 14.0. The molecule has 1 heterocycles. The van der Waals surface area contributed by atoms with Gasteiger partial charge < -0.3 is 15.4 Å². The lowest BCUT2D eigenvalue weighted by atomic mass is 10.3. The topological polar surface area (TPSA) is 45.7 Å². The van der Waals surface area contributed by atoms with Gasteiger partial charge in [-0.2, -0.15) is 0 Å². The number of halogens is 1. The molecule has 0 radical (unpaired) electrons. The highest BCUT2D eigenvalue weighted by Crippen LogP contribution is 2.08. The molecule has 0 aliphatic carbocycles. The Kier molecular flexibility index (Phi) is 11.3. The van der Waals surface area contributed by atoms with Crippen molar-refractivity contribution < 1.29 is 4.74 Å². The van der Waals surface area contributed by atoms with Gasteiger partial charge in [0.15, 0.2) is 5.96 Å². The van der Waals surface area contributed by atoms with Crippen LogP contribution in [0.5, 0.6) is 0 Å². The molecule has 110 valence electrons. The van der Waals surface area contributed by atoms with Gasteiger partial charge >= 0.3 is 0 Å². The van der Waals surface area contributed by atoms with Crippen molar-refractivity contribution in [2.45, 2.75) is 26.3 Å². The summed E-state index contributed by atoms with van der Waals surface area (Å²) < 4.78 is 5.10. The normalized spacial score (nSPS) is 12.7. The molecular formula is C13H24IN3OS. The fourth-order valence-electron chi connectivity index (χ4n) is 1.58. The zero-order valence-corrected chi connectivity index (χ0v) is 15.0. The zero-order valence-electron chi connectivity index (χ0n) is 11.8. The molecule has 0 fully saturated rings. The Morgan fingerprint density at radius 2 is 2.32 bits per heavy atom. The zero-order chi connectivity index (χ0) is 13.2. The molecule has 6 heteroatoms. The van der Waals surface area contributed by atoms with Crippen molar-refractivity contribution in [1.82, 2.24) is 10.6 Å². The van der Waals surface area contributed by atoms with Crippen LogP contribution in [0.25, 0.3) is 0 Å². The number of rotatable bonds is 7. The summed E-state index contributed by atoms with van der Waals surface area (Å²) in [5.41, 5.74) is 0. The van der Waals surface area contributed by atoms with E-state index >= 15 is 0 Å². The maximum Gasteiger partial charge on any atom is 0.191 e. The number of methoxy groups -OCH3 is 1. The lowest BCUT2D eigenvalue weighted by Gasteiger charge is -2.16. The number of guanidine groups is 1. The molecule has 1 unspecified atom stereocenters. The van der Waals surface area contributed by atoms with Gasteiger partial charge in [-0.3, -0.25) is 4.99 Å². The Bertz CT molecular complexity index is 344. The molecule has 0 aliphatic heterocycles. The monoisotopic (exact) mass is 397 g/mol. The molecule has 1 atom stereocenters. The molecule has 0 aromatic carbocycles. The highest BCUT2D eigenvalue weighted by Gasteiger charge is 2.03. The fraction of sp³-hybridized carbons (Fsp3) is 0.615. The molecule has 0 aliphatic rings. The predicted octanol–water partition coefficient (Wildman–Crippen LogP) is 2.50. The minimum Gasteiger partial charge on any atom is -0.383 e. The van der Waals surface area contributed by atoms with E-state index in [1.54, 1.807) is 18.4 Å². The Morgan fingerprint density at radius 1 is 1.53 bits per heavy atom. The van der Waals surface area contributed by atoms with Gasteiger partial charge in [-0.1, -0.05) is 6.07 Å². The molecule has 0 spiro atoms. The van der Waals surface area contributed by atoms with Crippen LogP contribution >= 0.6 is 35.3 Å². The van der Waals surface area contributed by atoms with Crippen molar-refractivity contribution in [3.63, 3.8) is 0 Å². The number of ether oxygens (including phenoxy) is 1. The van der Waals surface area contributed by atoms with E-state index in [1.807, 2.05) is 0 Å². The lowest BCUT2D eigenvalue weighted by molar-refractivity contribution is 0.179. The number of thiophene rings is 1. The van der Waals surface area contributed by atoms with E-state index in [2.05, 4.69) is 47.0 Å². The summed E-state index contributed by atoms with van der Waals surface area (Å²) in [6.07, 6.45) is 0.993. The molecule has 4 nitrogen and oxygen atoms in total. The maximum atomic E-state index is 5.10. The van der Waals surface area contributed by atoms with Crippen LogP contribution in [0.3, 0.4) is 0 Å². The average molecular weight is 397 g/mol. The van der Waals surface area contributed by atoms with Crippen molar-refractivity contribution in [3.05, 3.63) is 22.4 Å². The fourth-order valence-corrected chi connectivity index (χ4v) is 2.28. The summed E-state index contributed by atoms with van der Waals surface area (Å²) in [4.78, 5) is 5.93. The van der Waals surface area contributed by atoms with Gasteiger partial charge in [0.2, 0.25) is 0 Å². The van der Waals surface area contributed by atoms with Crippen molar-refractivity contribution in [2.24, 2.45) is 4.99 Å². The molecule has 19 heavy (non-hydrogen) atoms. The van der Waals surface area contributed by atoms with Gasteiger partial charge in [-0.15, -0.1) is 35.3 Å². The third-order valence-electron chi connectivity index (χ3n) is 2.35. The first-order valence-electron chi connectivity index (χ1n) is 6.32. The standard InChI is InChI=1S/C13H23N3OS.HI/c1-4-14-13(16-11(2)10-17-3)15-8-7-12-6-5-9-18-12;/h5-6,9,11H,4,7-8,10H2,1-3H3,(H2,14,15,16);1H. The third-order valence-corrected chi connectivity index (χ3v) is 3.29. The minimum atomic E-state index is 0. The highest BCUT2D eigenvalue weighted by atomic mass is 127. The summed E-state index contributed by atoms with van der Waals surface area (Å²) in [6.45, 7) is 6.49. The first kappa shape index (κ1) is 18.7. The van der Waals surface area contributed by atoms with Crippen molar-refractivity contribution >= 4 is 41.3 Å². The van der Waals surface area contributed by atoms with E-state index in [0.717, 1.165) is 25.5 Å². The molecule has 0 saturated heterocycles. The van der Waals surface area contributed by atoms with Crippen molar-refractivity contribution in [3.8, 4) is 0 Å². The van der Waals surface area contributed by atoms with E-state index in [1.165, 1.54) is 4.88 Å². The van der Waals surface area contributed by atoms with Crippen LogP contribution in [0.15, 0.2) is 22.5 Å². The first-order chi connectivity index (χ1) is 8.76. The molecule has 1 rings (SSSR count). The summed E-state index contributed by atoms with van der Waals surface area (Å²) in [5.74, 6) is 0.860. The largest absolute Gasteiger partial charge is 0.383 e. The van der Waals surface area contributed by atoms with Gasteiger partial charge in [0.1, 0.15) is 0 Å². The van der Waals surface area contributed by atoms with Gasteiger partial charge in [0, 0.05) is 37.5 Å². The van der Waals surface area contributed by atoms with E-state index in [0.29, 0.717) is 6.61 Å². The second-order valence-corrected chi connectivity index (χ2v) is 5.12. The van der Waals surface area contributed by atoms with Gasteiger partial charge in [-0.05, 0) is 25.3 Å². The van der Waals surface area contributed by atoms with Crippen molar-refractivity contribution in [1.29, 1.82) is 0 Å². The summed E-state index contributed by atoms with van der Waals surface area (Å²) in [6, 6.07) is 4.48. The SMILES string of the molecule is CCNC(=NCCc1cccs1)NC(C)COC.I. The molecule has 0 bridgehead atoms. The molecule has 1 aromatic heterocycles. The Balaban J connectivity index is 0.00000324. The van der Waals surface area contributed by atoms with Crippen LogP contribution in [-0.2, 0) is 11.2 Å². The number of hydrogen-bond acceptors (Lipinski definition) is 3. The van der Waals surface area contributed by atoms with Crippen LogP contribution in [0.2, 0.25) is 0 Å². The number of nitrogens with one attached hydrogen (secondary N) is 2. The predicted molar refractivity (Wildman–Crippen MR) is 93.9 cm³/mol. The first-order valence-corrected chi connectivity index (χ1v) is 7.20. The quantitative estimate of drug-likeness (QED) is 0.422. The van der Waals surface area contributed by atoms with Gasteiger partial charge in [-0.25, -0.2) is 0 Å². The third kappa shape index (κ3) is 8.43. The Hall–Kier alpha value is -0.340. The van der Waals surface area contributed by atoms with E-state index in [-0.39, 0.29) is 30.0 Å². The van der Waals surface area contributed by atoms with Gasteiger partial charge in [0.05, 0.1) is 6.61 Å². The smallest absolute Gasteiger partial charge is 0.191 e. The van der Waals surface area contributed by atoms with E-state index in [4.69, 9.17) is 4.74 Å². The second kappa shape index (κ2) is 11.5. The number of aliphatic imine (C=N–C) groups is 1. The van der Waals surface area contributed by atoms with Crippen LogP contribution in [0, 0.1) is 0 Å². The molecule has 1 aromatic rings. The molecular weight excluding hydrogens is 373 g/mol. The summed E-state index contributed by atoms with van der Waals surface area (Å²) in [5, 5.41) is 8.66. The van der Waals surface area contributed by atoms with Crippen LogP contribution in [-0.4, -0.2) is 38.8 Å². The van der Waals surface area contributed by atoms with Crippen LogP contribution in [0.4, 0.5) is 0 Å². The summed E-state index contributed by atoms with van der Waals surface area (Å²) in [7, 11) is 1.71.